The molecule has 1 aliphatic heterocycles. The minimum atomic E-state index is -0.950. The number of aromatic amines is 1. The highest BCUT2D eigenvalue weighted by Gasteiger charge is 2.38. The molecule has 11 heteroatoms. The summed E-state index contributed by atoms with van der Waals surface area (Å²) >= 11 is 0. The van der Waals surface area contributed by atoms with Crippen molar-refractivity contribution in [2.45, 2.75) is 38.2 Å². The number of benzene rings is 2. The number of hydrogen-bond acceptors (Lipinski definition) is 8. The third kappa shape index (κ3) is 3.40. The fourth-order valence-electron chi connectivity index (χ4n) is 5.16. The van der Waals surface area contributed by atoms with Crippen LogP contribution in [0.1, 0.15) is 30.7 Å². The van der Waals surface area contributed by atoms with Crippen LogP contribution in [0.3, 0.4) is 0 Å². The van der Waals surface area contributed by atoms with Crippen LogP contribution in [-0.2, 0) is 16.0 Å². The first-order chi connectivity index (χ1) is 17.4. The minimum absolute atomic E-state index is 0.0236. The molecule has 4 aromatic rings. The van der Waals surface area contributed by atoms with Gasteiger partial charge in [-0.15, -0.1) is 0 Å². The SMILES string of the molecule is CC(=O)N(c1ccc2c(c1)Cc1ccccc1-2)c1nc2c(=O)[nH]c(N)nc2n1[C@H]1C[C@H](O)[C@@H](CO)O1. The molecule has 6 rings (SSSR count). The number of ether oxygens (including phenoxy) is 1. The molecule has 1 amide bonds. The summed E-state index contributed by atoms with van der Waals surface area (Å²) in [4.78, 5) is 38.3. The third-order valence-electron chi connectivity index (χ3n) is 6.77. The Morgan fingerprint density at radius 1 is 1.22 bits per heavy atom. The van der Waals surface area contributed by atoms with E-state index in [4.69, 9.17) is 10.5 Å². The number of anilines is 3. The van der Waals surface area contributed by atoms with Gasteiger partial charge in [-0.1, -0.05) is 30.3 Å². The number of nitrogens with two attached hydrogens (primary N) is 1. The molecule has 1 fully saturated rings. The molecule has 11 nitrogen and oxygen atoms in total. The van der Waals surface area contributed by atoms with E-state index in [-0.39, 0.29) is 35.4 Å². The number of carbonyl (C=O) groups excluding carboxylic acids is 1. The van der Waals surface area contributed by atoms with Crippen molar-refractivity contribution in [1.29, 1.82) is 0 Å². The summed E-state index contributed by atoms with van der Waals surface area (Å²) in [6.45, 7) is 1.01. The van der Waals surface area contributed by atoms with Gasteiger partial charge in [0.05, 0.1) is 18.4 Å². The van der Waals surface area contributed by atoms with Crippen LogP contribution < -0.4 is 16.2 Å². The Morgan fingerprint density at radius 3 is 2.75 bits per heavy atom. The summed E-state index contributed by atoms with van der Waals surface area (Å²) < 4.78 is 7.36. The van der Waals surface area contributed by atoms with E-state index in [9.17, 15) is 19.8 Å². The first-order valence-corrected chi connectivity index (χ1v) is 11.6. The van der Waals surface area contributed by atoms with Crippen molar-refractivity contribution >= 4 is 34.7 Å². The van der Waals surface area contributed by atoms with Crippen molar-refractivity contribution in [1.82, 2.24) is 19.5 Å². The molecule has 5 N–H and O–H groups in total. The molecule has 2 aromatic carbocycles. The third-order valence-corrected chi connectivity index (χ3v) is 6.77. The molecule has 1 saturated heterocycles. The number of H-pyrrole nitrogens is 1. The Morgan fingerprint density at radius 2 is 2.00 bits per heavy atom. The van der Waals surface area contributed by atoms with Crippen LogP contribution in [0.4, 0.5) is 17.6 Å². The predicted octanol–water partition coefficient (Wildman–Crippen LogP) is 1.60. The maximum Gasteiger partial charge on any atom is 0.280 e. The molecule has 3 atom stereocenters. The average molecular weight is 489 g/mol. The number of fused-ring (bicyclic) bond motifs is 4. The zero-order chi connectivity index (χ0) is 25.1. The number of nitrogens with zero attached hydrogens (tertiary/aromatic N) is 4. The number of amides is 1. The highest BCUT2D eigenvalue weighted by atomic mass is 16.5. The fourth-order valence-corrected chi connectivity index (χ4v) is 5.16. The molecular weight excluding hydrogens is 464 g/mol. The zero-order valence-corrected chi connectivity index (χ0v) is 19.4. The molecule has 0 radical (unpaired) electrons. The van der Waals surface area contributed by atoms with Crippen LogP contribution in [0.2, 0.25) is 0 Å². The van der Waals surface area contributed by atoms with Crippen LogP contribution in [0.5, 0.6) is 0 Å². The highest BCUT2D eigenvalue weighted by molar-refractivity contribution is 5.99. The largest absolute Gasteiger partial charge is 0.394 e. The van der Waals surface area contributed by atoms with Gasteiger partial charge >= 0.3 is 0 Å². The predicted molar refractivity (Wildman–Crippen MR) is 132 cm³/mol. The summed E-state index contributed by atoms with van der Waals surface area (Å²) in [6.07, 6.45) is -1.79. The van der Waals surface area contributed by atoms with Gasteiger partial charge < -0.3 is 20.7 Å². The normalized spacial score (nSPS) is 20.5. The zero-order valence-electron chi connectivity index (χ0n) is 19.4. The number of aliphatic hydroxyl groups excluding tert-OH is 2. The minimum Gasteiger partial charge on any atom is -0.394 e. The number of nitrogen functional groups attached to an aromatic ring is 1. The van der Waals surface area contributed by atoms with Crippen LogP contribution in [0.15, 0.2) is 47.3 Å². The second kappa shape index (κ2) is 8.26. The smallest absolute Gasteiger partial charge is 0.280 e. The van der Waals surface area contributed by atoms with Gasteiger partial charge in [0, 0.05) is 13.3 Å². The summed E-state index contributed by atoms with van der Waals surface area (Å²) in [5.41, 5.74) is 10.4. The van der Waals surface area contributed by atoms with Crippen molar-refractivity contribution in [2.75, 3.05) is 17.2 Å². The number of nitrogens with one attached hydrogen (secondary N) is 1. The van der Waals surface area contributed by atoms with E-state index in [2.05, 4.69) is 27.1 Å². The lowest BCUT2D eigenvalue weighted by Crippen LogP contribution is -2.28. The molecule has 1 aliphatic carbocycles. The summed E-state index contributed by atoms with van der Waals surface area (Å²) in [6, 6.07) is 13.9. The van der Waals surface area contributed by atoms with Crippen molar-refractivity contribution in [2.24, 2.45) is 0 Å². The van der Waals surface area contributed by atoms with Gasteiger partial charge in [0.2, 0.25) is 17.8 Å². The first-order valence-electron chi connectivity index (χ1n) is 11.6. The Bertz CT molecular complexity index is 1580. The van der Waals surface area contributed by atoms with E-state index < -0.39 is 30.6 Å². The Hall–Kier alpha value is -4.06. The molecule has 0 saturated carbocycles. The molecule has 36 heavy (non-hydrogen) atoms. The van der Waals surface area contributed by atoms with Crippen LogP contribution in [0.25, 0.3) is 22.3 Å². The van der Waals surface area contributed by atoms with Gasteiger partial charge in [-0.2, -0.15) is 4.98 Å². The van der Waals surface area contributed by atoms with Gasteiger partial charge in [-0.25, -0.2) is 4.98 Å². The molecule has 2 aromatic heterocycles. The summed E-state index contributed by atoms with van der Waals surface area (Å²) in [5.74, 6) is -0.363. The van der Waals surface area contributed by atoms with E-state index in [1.54, 1.807) is 0 Å². The molecule has 184 valence electrons. The van der Waals surface area contributed by atoms with E-state index >= 15 is 0 Å². The quantitative estimate of drug-likeness (QED) is 0.297. The lowest BCUT2D eigenvalue weighted by atomic mass is 10.1. The second-order valence-corrected chi connectivity index (χ2v) is 9.05. The summed E-state index contributed by atoms with van der Waals surface area (Å²) in [7, 11) is 0. The van der Waals surface area contributed by atoms with Gasteiger partial charge in [0.1, 0.15) is 12.3 Å². The molecule has 0 bridgehead atoms. The molecule has 0 spiro atoms. The van der Waals surface area contributed by atoms with Crippen molar-refractivity contribution in [3.8, 4) is 11.1 Å². The van der Waals surface area contributed by atoms with E-state index in [1.807, 2.05) is 30.3 Å². The molecular formula is C25H24N6O5. The van der Waals surface area contributed by atoms with Crippen molar-refractivity contribution < 1.29 is 19.7 Å². The number of hydrogen-bond donors (Lipinski definition) is 4. The summed E-state index contributed by atoms with van der Waals surface area (Å²) in [5, 5.41) is 20.0. The number of rotatable bonds is 4. The Balaban J connectivity index is 1.53. The lowest BCUT2D eigenvalue weighted by Gasteiger charge is -2.24. The number of aliphatic hydroxyl groups is 2. The van der Waals surface area contributed by atoms with Gasteiger partial charge in [-0.05, 0) is 40.8 Å². The van der Waals surface area contributed by atoms with Gasteiger partial charge in [-0.3, -0.25) is 24.0 Å². The average Bonchev–Trinajstić information content (AvgIpc) is 3.51. The number of carbonyl (C=O) groups is 1. The lowest BCUT2D eigenvalue weighted by molar-refractivity contribution is -0.116. The topological polar surface area (TPSA) is 160 Å². The van der Waals surface area contributed by atoms with Crippen LogP contribution in [0, 0.1) is 0 Å². The van der Waals surface area contributed by atoms with Gasteiger partial charge in [0.25, 0.3) is 5.56 Å². The maximum absolute atomic E-state index is 13.1. The van der Waals surface area contributed by atoms with E-state index in [0.29, 0.717) is 5.69 Å². The number of aromatic nitrogens is 4. The molecule has 2 aliphatic rings. The highest BCUT2D eigenvalue weighted by Crippen LogP contribution is 2.41. The Kier molecular flexibility index (Phi) is 5.14. The first kappa shape index (κ1) is 22.4. The number of imidazole rings is 1. The molecule has 0 unspecified atom stereocenters. The van der Waals surface area contributed by atoms with Crippen LogP contribution >= 0.6 is 0 Å². The maximum atomic E-state index is 13.1. The van der Waals surface area contributed by atoms with Crippen molar-refractivity contribution in [3.63, 3.8) is 0 Å². The molecule has 3 heterocycles. The Labute approximate surface area is 204 Å². The van der Waals surface area contributed by atoms with E-state index in [0.717, 1.165) is 23.1 Å². The van der Waals surface area contributed by atoms with Gasteiger partial charge in [0.15, 0.2) is 11.2 Å². The monoisotopic (exact) mass is 488 g/mol. The standard InChI is InChI=1S/C25H24N6O5/c1-12(33)30(15-6-7-17-14(9-15)8-13-4-2-3-5-16(13)17)25-27-21-22(28-24(26)29-23(21)35)31(25)20-10-18(34)19(11-32)36-20/h2-7,9,18-20,32,34H,8,10-11H2,1H3,(H3,26,28,29,35)/t18-,19+,20+/m0/s1. The van der Waals surface area contributed by atoms with E-state index in [1.165, 1.54) is 22.0 Å². The van der Waals surface area contributed by atoms with Crippen molar-refractivity contribution in [3.05, 3.63) is 63.9 Å². The second-order valence-electron chi connectivity index (χ2n) is 9.05. The van der Waals surface area contributed by atoms with Crippen LogP contribution in [-0.4, -0.2) is 54.5 Å². The fraction of sp³-hybridized carbons (Fsp3) is 0.280.